The monoisotopic (exact) mass is 443 g/mol. The third kappa shape index (κ3) is 3.45. The summed E-state index contributed by atoms with van der Waals surface area (Å²) < 4.78 is 7.80. The second kappa shape index (κ2) is 7.85. The zero-order valence-electron chi connectivity index (χ0n) is 17.5. The number of aryl methyl sites for hydroxylation is 1. The molecule has 2 N–H and O–H groups in total. The van der Waals surface area contributed by atoms with Crippen molar-refractivity contribution in [3.8, 4) is 11.5 Å². The third-order valence-corrected chi connectivity index (χ3v) is 6.87. The molecule has 1 aliphatic heterocycles. The molecular weight excluding hydrogens is 422 g/mol. The zero-order valence-corrected chi connectivity index (χ0v) is 18.3. The molecule has 0 bridgehead atoms. The first kappa shape index (κ1) is 19.1. The number of nitrogens with one attached hydrogen (secondary N) is 2. The van der Waals surface area contributed by atoms with Crippen LogP contribution >= 0.6 is 11.3 Å². The van der Waals surface area contributed by atoms with Gasteiger partial charge in [0.25, 0.3) is 0 Å². The highest BCUT2D eigenvalue weighted by atomic mass is 32.1. The van der Waals surface area contributed by atoms with E-state index in [1.807, 2.05) is 37.4 Å². The minimum absolute atomic E-state index is 0.724. The minimum atomic E-state index is 0.724. The van der Waals surface area contributed by atoms with Gasteiger partial charge in [0.1, 0.15) is 34.8 Å². The molecule has 5 aromatic rings. The van der Waals surface area contributed by atoms with Gasteiger partial charge in [0, 0.05) is 22.8 Å². The van der Waals surface area contributed by atoms with Crippen LogP contribution < -0.4 is 15.4 Å². The first-order chi connectivity index (χ1) is 15.7. The predicted molar refractivity (Wildman–Crippen MR) is 125 cm³/mol. The normalized spacial score (nSPS) is 13.8. The van der Waals surface area contributed by atoms with E-state index in [0.717, 1.165) is 70.4 Å². The van der Waals surface area contributed by atoms with Gasteiger partial charge in [0.05, 0.1) is 5.39 Å². The fourth-order valence-corrected chi connectivity index (χ4v) is 5.29. The van der Waals surface area contributed by atoms with Crippen molar-refractivity contribution in [2.24, 2.45) is 0 Å². The van der Waals surface area contributed by atoms with Crippen molar-refractivity contribution in [3.63, 3.8) is 0 Å². The smallest absolute Gasteiger partial charge is 0.158 e. The van der Waals surface area contributed by atoms with Gasteiger partial charge in [0.2, 0.25) is 0 Å². The van der Waals surface area contributed by atoms with Gasteiger partial charge in [-0.1, -0.05) is 0 Å². The number of ether oxygens (including phenoxy) is 1. The number of benzene rings is 1. The van der Waals surface area contributed by atoms with Crippen LogP contribution in [0.3, 0.4) is 0 Å². The maximum Gasteiger partial charge on any atom is 0.158 e. The molecule has 5 heterocycles. The molecule has 0 radical (unpaired) electrons. The number of pyridine rings is 1. The lowest BCUT2D eigenvalue weighted by Gasteiger charge is -2.12. The van der Waals surface area contributed by atoms with E-state index in [4.69, 9.17) is 4.74 Å². The van der Waals surface area contributed by atoms with Crippen molar-refractivity contribution >= 4 is 38.7 Å². The van der Waals surface area contributed by atoms with Crippen LogP contribution in [-0.4, -0.2) is 37.7 Å². The quantitative estimate of drug-likeness (QED) is 0.429. The van der Waals surface area contributed by atoms with E-state index < -0.39 is 0 Å². The van der Waals surface area contributed by atoms with Crippen LogP contribution in [0.2, 0.25) is 0 Å². The van der Waals surface area contributed by atoms with Crippen LogP contribution in [0.4, 0.5) is 11.5 Å². The molecule has 4 aromatic heterocycles. The molecule has 0 unspecified atom stereocenters. The lowest BCUT2D eigenvalue weighted by atomic mass is 10.1. The fraction of sp³-hybridized carbons (Fsp3) is 0.217. The van der Waals surface area contributed by atoms with Crippen LogP contribution in [0.25, 0.3) is 15.9 Å². The van der Waals surface area contributed by atoms with Crippen LogP contribution in [0.5, 0.6) is 11.5 Å². The second-order valence-corrected chi connectivity index (χ2v) is 8.87. The van der Waals surface area contributed by atoms with Crippen molar-refractivity contribution in [3.05, 3.63) is 65.2 Å². The van der Waals surface area contributed by atoms with Gasteiger partial charge in [-0.25, -0.2) is 19.5 Å². The van der Waals surface area contributed by atoms with E-state index in [0.29, 0.717) is 0 Å². The summed E-state index contributed by atoms with van der Waals surface area (Å²) in [6.45, 7) is 4.04. The van der Waals surface area contributed by atoms with Crippen LogP contribution in [0.15, 0.2) is 49.2 Å². The summed E-state index contributed by atoms with van der Waals surface area (Å²) in [5.74, 6) is 2.38. The van der Waals surface area contributed by atoms with Gasteiger partial charge in [-0.2, -0.15) is 5.10 Å². The lowest BCUT2D eigenvalue weighted by molar-refractivity contribution is 0.478. The summed E-state index contributed by atoms with van der Waals surface area (Å²) in [6.07, 6.45) is 7.05. The Bertz CT molecular complexity index is 1440. The Labute approximate surface area is 188 Å². The highest BCUT2D eigenvalue weighted by Crippen LogP contribution is 2.37. The Morgan fingerprint density at radius 3 is 2.94 bits per heavy atom. The Hall–Kier alpha value is -3.56. The Morgan fingerprint density at radius 2 is 2.00 bits per heavy atom. The van der Waals surface area contributed by atoms with Gasteiger partial charge < -0.3 is 15.4 Å². The topological polar surface area (TPSA) is 89.3 Å². The minimum Gasteiger partial charge on any atom is -0.457 e. The molecule has 0 amide bonds. The largest absolute Gasteiger partial charge is 0.457 e. The van der Waals surface area contributed by atoms with Gasteiger partial charge in [-0.3, -0.25) is 0 Å². The molecule has 6 rings (SSSR count). The number of aromatic nitrogens is 5. The SMILES string of the molecule is Cc1cc(Nc2ncnc3sc4c(c23)CCNCC4)ccc1Oc1ccn2ncnc2c1. The van der Waals surface area contributed by atoms with Crippen molar-refractivity contribution in [2.75, 3.05) is 18.4 Å². The highest BCUT2D eigenvalue weighted by molar-refractivity contribution is 7.19. The Kier molecular flexibility index (Phi) is 4.70. The van der Waals surface area contributed by atoms with E-state index in [1.54, 1.807) is 22.2 Å². The number of rotatable bonds is 4. The summed E-state index contributed by atoms with van der Waals surface area (Å²) >= 11 is 1.78. The third-order valence-electron chi connectivity index (χ3n) is 5.67. The molecule has 1 aliphatic rings. The highest BCUT2D eigenvalue weighted by Gasteiger charge is 2.19. The second-order valence-electron chi connectivity index (χ2n) is 7.79. The maximum atomic E-state index is 6.10. The van der Waals surface area contributed by atoms with Gasteiger partial charge in [-0.05, 0) is 68.2 Å². The summed E-state index contributed by atoms with van der Waals surface area (Å²) in [5.41, 5.74) is 4.11. The first-order valence-corrected chi connectivity index (χ1v) is 11.4. The Balaban J connectivity index is 1.29. The first-order valence-electron chi connectivity index (χ1n) is 10.6. The average molecular weight is 444 g/mol. The van der Waals surface area contributed by atoms with Crippen LogP contribution in [0, 0.1) is 6.92 Å². The van der Waals surface area contributed by atoms with Crippen molar-refractivity contribution in [1.82, 2.24) is 29.9 Å². The number of fused-ring (bicyclic) bond motifs is 4. The molecule has 0 saturated heterocycles. The number of thiophene rings is 1. The summed E-state index contributed by atoms with van der Waals surface area (Å²) in [7, 11) is 0. The van der Waals surface area contributed by atoms with Gasteiger partial charge >= 0.3 is 0 Å². The van der Waals surface area contributed by atoms with Crippen LogP contribution in [0.1, 0.15) is 16.0 Å². The zero-order chi connectivity index (χ0) is 21.5. The van der Waals surface area contributed by atoms with E-state index in [9.17, 15) is 0 Å². The summed E-state index contributed by atoms with van der Waals surface area (Å²) in [5, 5.41) is 12.3. The molecule has 32 heavy (non-hydrogen) atoms. The molecule has 0 fully saturated rings. The maximum absolute atomic E-state index is 6.10. The number of hydrogen-bond acceptors (Lipinski definition) is 8. The van der Waals surface area contributed by atoms with Crippen molar-refractivity contribution in [2.45, 2.75) is 19.8 Å². The van der Waals surface area contributed by atoms with E-state index >= 15 is 0 Å². The predicted octanol–water partition coefficient (Wildman–Crippen LogP) is 4.27. The molecule has 0 atom stereocenters. The number of hydrogen-bond donors (Lipinski definition) is 2. The molecule has 160 valence electrons. The molecule has 1 aromatic carbocycles. The number of anilines is 2. The van der Waals surface area contributed by atoms with Crippen LogP contribution in [-0.2, 0) is 12.8 Å². The van der Waals surface area contributed by atoms with E-state index in [1.165, 1.54) is 16.8 Å². The molecule has 0 spiro atoms. The van der Waals surface area contributed by atoms with Gasteiger partial charge in [0.15, 0.2) is 5.65 Å². The average Bonchev–Trinajstić information content (AvgIpc) is 3.33. The Morgan fingerprint density at radius 1 is 1.06 bits per heavy atom. The number of nitrogens with zero attached hydrogens (tertiary/aromatic N) is 5. The molecule has 8 nitrogen and oxygen atoms in total. The van der Waals surface area contributed by atoms with E-state index in [2.05, 4.69) is 36.8 Å². The molecule has 9 heteroatoms. The standard InChI is InChI=1S/C23H21N7OS/c1-14-10-15(2-3-18(14)31-16-6-9-30-20(11-16)25-13-28-30)29-22-21-17-4-7-24-8-5-19(17)32-23(21)27-12-26-22/h2-3,6,9-13,24H,4-5,7-8H2,1H3,(H,26,27,29). The molecule has 0 aliphatic carbocycles. The lowest BCUT2D eigenvalue weighted by Crippen LogP contribution is -2.16. The van der Waals surface area contributed by atoms with Gasteiger partial charge in [-0.15, -0.1) is 11.3 Å². The summed E-state index contributed by atoms with van der Waals surface area (Å²) in [4.78, 5) is 15.8. The summed E-state index contributed by atoms with van der Waals surface area (Å²) in [6, 6.07) is 9.81. The van der Waals surface area contributed by atoms with E-state index in [-0.39, 0.29) is 0 Å². The molecule has 0 saturated carbocycles. The molecular formula is C23H21N7OS. The van der Waals surface area contributed by atoms with Crippen molar-refractivity contribution < 1.29 is 4.74 Å². The van der Waals surface area contributed by atoms with Crippen molar-refractivity contribution in [1.29, 1.82) is 0 Å². The fourth-order valence-electron chi connectivity index (χ4n) is 4.10.